The number of nitrogens with zero attached hydrogens (tertiary/aromatic N) is 2. The van der Waals surface area contributed by atoms with E-state index in [0.717, 1.165) is 12.8 Å². The van der Waals surface area contributed by atoms with Crippen LogP contribution in [-0.2, 0) is 10.0 Å². The maximum atomic E-state index is 12.8. The van der Waals surface area contributed by atoms with E-state index >= 15 is 0 Å². The van der Waals surface area contributed by atoms with Crippen molar-refractivity contribution in [1.82, 2.24) is 20.2 Å². The van der Waals surface area contributed by atoms with Crippen LogP contribution in [0.25, 0.3) is 0 Å². The Hall–Kier alpha value is -2.26. The molecular weight excluding hydrogens is 380 g/mol. The Morgan fingerprint density at radius 1 is 1.21 bits per heavy atom. The molecule has 8 nitrogen and oxygen atoms in total. The molecular formula is C19H26N4O4S. The quantitative estimate of drug-likeness (QED) is 0.697. The first kappa shape index (κ1) is 20.5. The van der Waals surface area contributed by atoms with Gasteiger partial charge in [-0.3, -0.25) is 4.79 Å². The second-order valence-corrected chi connectivity index (χ2v) is 9.48. The molecule has 1 aromatic heterocycles. The van der Waals surface area contributed by atoms with Crippen LogP contribution < -0.4 is 10.0 Å². The SMILES string of the molecule is CC(C)NS(=O)(=O)c1cccc(C(=O)NC(c2nc(C3CC3)no2)C(C)C)c1. The van der Waals surface area contributed by atoms with Crippen LogP contribution in [0.4, 0.5) is 0 Å². The highest BCUT2D eigenvalue weighted by molar-refractivity contribution is 7.89. The van der Waals surface area contributed by atoms with Crippen LogP contribution in [0.2, 0.25) is 0 Å². The normalized spacial score (nSPS) is 15.8. The Balaban J connectivity index is 1.79. The summed E-state index contributed by atoms with van der Waals surface area (Å²) in [6.45, 7) is 7.36. The number of amides is 1. The Morgan fingerprint density at radius 3 is 2.54 bits per heavy atom. The van der Waals surface area contributed by atoms with E-state index in [4.69, 9.17) is 4.52 Å². The lowest BCUT2D eigenvalue weighted by molar-refractivity contribution is 0.0913. The lowest BCUT2D eigenvalue weighted by Crippen LogP contribution is -2.33. The van der Waals surface area contributed by atoms with Gasteiger partial charge in [0.2, 0.25) is 15.9 Å². The van der Waals surface area contributed by atoms with Crippen LogP contribution in [0, 0.1) is 5.92 Å². The van der Waals surface area contributed by atoms with Gasteiger partial charge >= 0.3 is 0 Å². The second kappa shape index (κ2) is 8.00. The molecule has 1 unspecified atom stereocenters. The molecule has 1 aromatic carbocycles. The number of nitrogens with one attached hydrogen (secondary N) is 2. The van der Waals surface area contributed by atoms with Crippen molar-refractivity contribution in [2.75, 3.05) is 0 Å². The van der Waals surface area contributed by atoms with Gasteiger partial charge < -0.3 is 9.84 Å². The van der Waals surface area contributed by atoms with Crippen molar-refractivity contribution in [1.29, 1.82) is 0 Å². The monoisotopic (exact) mass is 406 g/mol. The van der Waals surface area contributed by atoms with Crippen LogP contribution in [0.5, 0.6) is 0 Å². The van der Waals surface area contributed by atoms with Crippen molar-refractivity contribution in [2.24, 2.45) is 5.92 Å². The van der Waals surface area contributed by atoms with Crippen LogP contribution in [0.1, 0.15) is 74.6 Å². The third-order valence-corrected chi connectivity index (χ3v) is 6.07. The summed E-state index contributed by atoms with van der Waals surface area (Å²) in [7, 11) is -3.68. The molecule has 28 heavy (non-hydrogen) atoms. The predicted octanol–water partition coefficient (Wildman–Crippen LogP) is 2.76. The fraction of sp³-hybridized carbons (Fsp3) is 0.526. The first-order valence-electron chi connectivity index (χ1n) is 9.44. The summed E-state index contributed by atoms with van der Waals surface area (Å²) >= 11 is 0. The number of benzene rings is 1. The Morgan fingerprint density at radius 2 is 1.93 bits per heavy atom. The molecule has 0 aliphatic heterocycles. The molecule has 0 spiro atoms. The van der Waals surface area contributed by atoms with Crippen molar-refractivity contribution in [3.05, 3.63) is 41.5 Å². The van der Waals surface area contributed by atoms with E-state index in [1.165, 1.54) is 12.1 Å². The Kier molecular flexibility index (Phi) is 5.85. The minimum atomic E-state index is -3.68. The molecule has 1 fully saturated rings. The molecule has 0 saturated heterocycles. The topological polar surface area (TPSA) is 114 Å². The summed E-state index contributed by atoms with van der Waals surface area (Å²) < 4.78 is 32.6. The summed E-state index contributed by atoms with van der Waals surface area (Å²) in [6, 6.07) is 5.24. The van der Waals surface area contributed by atoms with Crippen molar-refractivity contribution in [3.63, 3.8) is 0 Å². The van der Waals surface area contributed by atoms with E-state index in [-0.39, 0.29) is 22.4 Å². The first-order chi connectivity index (χ1) is 13.2. The van der Waals surface area contributed by atoms with Crippen LogP contribution in [0.3, 0.4) is 0 Å². The van der Waals surface area contributed by atoms with E-state index in [9.17, 15) is 13.2 Å². The fourth-order valence-corrected chi connectivity index (χ4v) is 4.10. The van der Waals surface area contributed by atoms with Gasteiger partial charge in [-0.1, -0.05) is 25.1 Å². The van der Waals surface area contributed by atoms with E-state index in [1.807, 2.05) is 13.8 Å². The molecule has 1 atom stereocenters. The highest BCUT2D eigenvalue weighted by atomic mass is 32.2. The molecule has 9 heteroatoms. The van der Waals surface area contributed by atoms with E-state index < -0.39 is 22.0 Å². The number of hydrogen-bond donors (Lipinski definition) is 2. The van der Waals surface area contributed by atoms with E-state index in [2.05, 4.69) is 20.2 Å². The number of carbonyl (C=O) groups is 1. The summed E-state index contributed by atoms with van der Waals surface area (Å²) in [5.41, 5.74) is 0.249. The molecule has 1 saturated carbocycles. The van der Waals surface area contributed by atoms with Crippen molar-refractivity contribution >= 4 is 15.9 Å². The number of carbonyl (C=O) groups excluding carboxylic acids is 1. The molecule has 2 N–H and O–H groups in total. The van der Waals surface area contributed by atoms with Gasteiger partial charge in [-0.25, -0.2) is 13.1 Å². The maximum Gasteiger partial charge on any atom is 0.251 e. The average molecular weight is 407 g/mol. The molecule has 2 aromatic rings. The third kappa shape index (κ3) is 4.77. The zero-order chi connectivity index (χ0) is 20.5. The zero-order valence-corrected chi connectivity index (χ0v) is 17.3. The fourth-order valence-electron chi connectivity index (χ4n) is 2.80. The second-order valence-electron chi connectivity index (χ2n) is 7.76. The van der Waals surface area contributed by atoms with Gasteiger partial charge in [0.05, 0.1) is 4.90 Å². The zero-order valence-electron chi connectivity index (χ0n) is 16.5. The molecule has 1 aliphatic carbocycles. The average Bonchev–Trinajstić information content (AvgIpc) is 3.36. The van der Waals surface area contributed by atoms with Crippen LogP contribution in [-0.4, -0.2) is 30.5 Å². The highest BCUT2D eigenvalue weighted by Crippen LogP contribution is 2.38. The lowest BCUT2D eigenvalue weighted by Gasteiger charge is -2.19. The summed E-state index contributed by atoms with van der Waals surface area (Å²) in [6.07, 6.45) is 2.12. The smallest absolute Gasteiger partial charge is 0.251 e. The minimum absolute atomic E-state index is 0.0194. The molecule has 1 heterocycles. The van der Waals surface area contributed by atoms with Crippen LogP contribution in [0.15, 0.2) is 33.7 Å². The van der Waals surface area contributed by atoms with Gasteiger partial charge in [0, 0.05) is 17.5 Å². The van der Waals surface area contributed by atoms with Crippen LogP contribution >= 0.6 is 0 Å². The van der Waals surface area contributed by atoms with Crippen molar-refractivity contribution < 1.29 is 17.7 Å². The van der Waals surface area contributed by atoms with Gasteiger partial charge in [0.15, 0.2) is 5.82 Å². The molecule has 152 valence electrons. The largest absolute Gasteiger partial charge is 0.340 e. The Labute approximate surface area is 165 Å². The summed E-state index contributed by atoms with van der Waals surface area (Å²) in [5, 5.41) is 6.90. The number of rotatable bonds is 8. The van der Waals surface area contributed by atoms with Gasteiger partial charge in [-0.15, -0.1) is 0 Å². The first-order valence-corrected chi connectivity index (χ1v) is 10.9. The van der Waals surface area contributed by atoms with E-state index in [1.54, 1.807) is 26.0 Å². The van der Waals surface area contributed by atoms with E-state index in [0.29, 0.717) is 17.6 Å². The number of aromatic nitrogens is 2. The predicted molar refractivity (Wildman–Crippen MR) is 103 cm³/mol. The van der Waals surface area contributed by atoms with Crippen molar-refractivity contribution in [3.8, 4) is 0 Å². The third-order valence-electron chi connectivity index (χ3n) is 4.42. The summed E-state index contributed by atoms with van der Waals surface area (Å²) in [5.74, 6) is 1.03. The molecule has 3 rings (SSSR count). The van der Waals surface area contributed by atoms with Gasteiger partial charge in [0.1, 0.15) is 6.04 Å². The number of sulfonamides is 1. The maximum absolute atomic E-state index is 12.8. The summed E-state index contributed by atoms with van der Waals surface area (Å²) in [4.78, 5) is 17.2. The van der Waals surface area contributed by atoms with Gasteiger partial charge in [-0.05, 0) is 50.8 Å². The Bertz CT molecular complexity index is 948. The standard InChI is InChI=1S/C19H26N4O4S/c1-11(2)16(19-21-17(22-27-19)13-8-9-13)20-18(24)14-6-5-7-15(10-14)28(25,26)23-12(3)4/h5-7,10-13,16,23H,8-9H2,1-4H3,(H,20,24). The van der Waals surface area contributed by atoms with Crippen molar-refractivity contribution in [2.45, 2.75) is 63.4 Å². The molecule has 1 aliphatic rings. The van der Waals surface area contributed by atoms with Gasteiger partial charge in [0.25, 0.3) is 5.91 Å². The molecule has 1 amide bonds. The number of hydrogen-bond acceptors (Lipinski definition) is 6. The lowest BCUT2D eigenvalue weighted by atomic mass is 10.0. The molecule has 0 bridgehead atoms. The molecule has 0 radical (unpaired) electrons. The van der Waals surface area contributed by atoms with Gasteiger partial charge in [-0.2, -0.15) is 4.98 Å². The highest BCUT2D eigenvalue weighted by Gasteiger charge is 2.32. The minimum Gasteiger partial charge on any atom is -0.340 e.